The fourth-order valence-electron chi connectivity index (χ4n) is 7.95. The summed E-state index contributed by atoms with van der Waals surface area (Å²) in [7, 11) is 0. The van der Waals surface area contributed by atoms with Gasteiger partial charge < -0.3 is 20.7 Å². The van der Waals surface area contributed by atoms with Crippen LogP contribution in [0.3, 0.4) is 0 Å². The van der Waals surface area contributed by atoms with E-state index in [-0.39, 0.29) is 12.1 Å². The first-order valence-corrected chi connectivity index (χ1v) is 13.2. The molecule has 3 aromatic heterocycles. The van der Waals surface area contributed by atoms with Gasteiger partial charge in [-0.2, -0.15) is 5.10 Å². The van der Waals surface area contributed by atoms with E-state index in [9.17, 15) is 14.7 Å². The van der Waals surface area contributed by atoms with Crippen LogP contribution in [0.25, 0.3) is 21.9 Å². The van der Waals surface area contributed by atoms with Gasteiger partial charge in [0.05, 0.1) is 22.5 Å². The molecule has 4 N–H and O–H groups in total. The first-order valence-electron chi connectivity index (χ1n) is 13.2. The number of hydrogen-bond donors (Lipinski definition) is 4. The van der Waals surface area contributed by atoms with Crippen molar-refractivity contribution in [3.63, 3.8) is 0 Å². The average Bonchev–Trinajstić information content (AvgIpc) is 3.43. The van der Waals surface area contributed by atoms with E-state index in [4.69, 9.17) is 5.10 Å². The van der Waals surface area contributed by atoms with Crippen molar-refractivity contribution in [3.05, 3.63) is 18.5 Å². The highest BCUT2D eigenvalue weighted by atomic mass is 16.3. The van der Waals surface area contributed by atoms with E-state index in [0.29, 0.717) is 23.6 Å². The van der Waals surface area contributed by atoms with Gasteiger partial charge >= 0.3 is 11.8 Å². The second-order valence-corrected chi connectivity index (χ2v) is 11.5. The third kappa shape index (κ3) is 3.46. The minimum atomic E-state index is -0.685. The zero-order chi connectivity index (χ0) is 23.7. The van der Waals surface area contributed by atoms with Crippen LogP contribution in [0.5, 0.6) is 0 Å². The lowest BCUT2D eigenvalue weighted by Gasteiger charge is -2.57. The molecular formula is C26H32N6O3. The molecule has 0 saturated heterocycles. The summed E-state index contributed by atoms with van der Waals surface area (Å²) >= 11 is 0. The zero-order valence-electron chi connectivity index (χ0n) is 19.8. The Kier molecular flexibility index (Phi) is 4.75. The largest absolute Gasteiger partial charge is 0.390 e. The summed E-state index contributed by atoms with van der Waals surface area (Å²) < 4.78 is 2.08. The van der Waals surface area contributed by atoms with Crippen LogP contribution in [0.1, 0.15) is 70.3 Å². The Labute approximate surface area is 203 Å². The van der Waals surface area contributed by atoms with Crippen LogP contribution in [0.15, 0.2) is 18.5 Å². The summed E-state index contributed by atoms with van der Waals surface area (Å²) in [4.78, 5) is 33.3. The average molecular weight is 477 g/mol. The van der Waals surface area contributed by atoms with Crippen LogP contribution in [-0.4, -0.2) is 48.3 Å². The molecule has 5 atom stereocenters. The van der Waals surface area contributed by atoms with Gasteiger partial charge in [0.2, 0.25) is 0 Å². The maximum Gasteiger partial charge on any atom is 0.314 e. The number of aliphatic hydroxyl groups is 1. The SMILES string of the molecule is O=C(Nc1nn([C@H]2[C@@H]3CC4C[C@H]2C[C@@](O)(C4)C3)c2c1cnc1[nH]ccc12)C(=O)NC1CCCCC1. The van der Waals surface area contributed by atoms with E-state index >= 15 is 0 Å². The highest BCUT2D eigenvalue weighted by Crippen LogP contribution is 2.60. The Bertz CT molecular complexity index is 1310. The third-order valence-electron chi connectivity index (χ3n) is 9.10. The van der Waals surface area contributed by atoms with Gasteiger partial charge in [0, 0.05) is 23.8 Å². The number of carbonyl (C=O) groups is 2. The van der Waals surface area contributed by atoms with E-state index < -0.39 is 17.4 Å². The normalized spacial score (nSPS) is 32.4. The highest BCUT2D eigenvalue weighted by molar-refractivity contribution is 6.40. The minimum Gasteiger partial charge on any atom is -0.390 e. The molecule has 5 aliphatic rings. The number of rotatable bonds is 3. The van der Waals surface area contributed by atoms with E-state index in [0.717, 1.165) is 79.7 Å². The second kappa shape index (κ2) is 7.78. The quantitative estimate of drug-likeness (QED) is 0.431. The van der Waals surface area contributed by atoms with Crippen molar-refractivity contribution >= 4 is 39.6 Å². The van der Waals surface area contributed by atoms with E-state index in [1.165, 1.54) is 6.42 Å². The van der Waals surface area contributed by atoms with Gasteiger partial charge in [0.15, 0.2) is 5.82 Å². The van der Waals surface area contributed by atoms with Crippen molar-refractivity contribution < 1.29 is 14.7 Å². The summed E-state index contributed by atoms with van der Waals surface area (Å²) in [6.45, 7) is 0. The molecule has 35 heavy (non-hydrogen) atoms. The van der Waals surface area contributed by atoms with Gasteiger partial charge in [-0.05, 0) is 68.8 Å². The lowest BCUT2D eigenvalue weighted by molar-refractivity contribution is -0.148. The first kappa shape index (κ1) is 21.4. The Morgan fingerprint density at radius 2 is 1.83 bits per heavy atom. The molecule has 9 heteroatoms. The molecule has 0 radical (unpaired) electrons. The second-order valence-electron chi connectivity index (χ2n) is 11.5. The van der Waals surface area contributed by atoms with Gasteiger partial charge in [-0.15, -0.1) is 0 Å². The van der Waals surface area contributed by atoms with Gasteiger partial charge in [-0.3, -0.25) is 14.3 Å². The number of H-pyrrole nitrogens is 1. The lowest BCUT2D eigenvalue weighted by Crippen LogP contribution is -2.55. The molecule has 5 saturated carbocycles. The number of carbonyl (C=O) groups excluding carboxylic acids is 2. The smallest absolute Gasteiger partial charge is 0.314 e. The maximum atomic E-state index is 12.9. The topological polar surface area (TPSA) is 125 Å². The molecule has 1 unspecified atom stereocenters. The van der Waals surface area contributed by atoms with Crippen molar-refractivity contribution in [1.29, 1.82) is 0 Å². The Balaban J connectivity index is 1.24. The fraction of sp³-hybridized carbons (Fsp3) is 0.615. The molecule has 0 spiro atoms. The predicted molar refractivity (Wildman–Crippen MR) is 131 cm³/mol. The predicted octanol–water partition coefficient (Wildman–Crippen LogP) is 3.41. The highest BCUT2D eigenvalue weighted by Gasteiger charge is 2.55. The standard InChI is InChI=1S/C26H32N6O3/c33-24(29-17-4-2-1-3-5-17)25(34)30-23-19-13-28-22-18(6-7-27-22)21(19)32(31-23)20-15-8-14-9-16(20)12-26(35,10-14)11-15/h6-7,13-17,20,35H,1-5,8-12H2,(H,27,28)(H,29,33)(H,30,31,34)/t14?,15-,16+,20+,26-. The van der Waals surface area contributed by atoms with Crippen LogP contribution in [0, 0.1) is 17.8 Å². The Hall–Kier alpha value is -2.94. The van der Waals surface area contributed by atoms with Crippen molar-refractivity contribution in [2.24, 2.45) is 17.8 Å². The summed E-state index contributed by atoms with van der Waals surface area (Å²) in [5, 5.41) is 23.4. The number of nitrogens with one attached hydrogen (secondary N) is 3. The molecule has 9 nitrogen and oxygen atoms in total. The number of fused-ring (bicyclic) bond motifs is 3. The molecule has 0 aromatic carbocycles. The molecule has 184 valence electrons. The number of anilines is 1. The molecule has 3 heterocycles. The van der Waals surface area contributed by atoms with Crippen molar-refractivity contribution in [3.8, 4) is 0 Å². The summed E-state index contributed by atoms with van der Waals surface area (Å²) in [5.74, 6) is 0.395. The first-order chi connectivity index (χ1) is 17.0. The molecular weight excluding hydrogens is 444 g/mol. The summed E-state index contributed by atoms with van der Waals surface area (Å²) in [5.41, 5.74) is 1.17. The molecule has 3 aromatic rings. The zero-order valence-corrected chi connectivity index (χ0v) is 19.8. The summed E-state index contributed by atoms with van der Waals surface area (Å²) in [6, 6.07) is 2.22. The Morgan fingerprint density at radius 1 is 1.06 bits per heavy atom. The van der Waals surface area contributed by atoms with Crippen LogP contribution < -0.4 is 10.6 Å². The number of hydrogen-bond acceptors (Lipinski definition) is 5. The molecule has 8 rings (SSSR count). The van der Waals surface area contributed by atoms with Crippen LogP contribution in [-0.2, 0) is 9.59 Å². The third-order valence-corrected chi connectivity index (χ3v) is 9.10. The monoisotopic (exact) mass is 476 g/mol. The van der Waals surface area contributed by atoms with Gasteiger partial charge in [0.1, 0.15) is 5.65 Å². The fourth-order valence-corrected chi connectivity index (χ4v) is 7.95. The molecule has 5 fully saturated rings. The number of aromatic nitrogens is 4. The number of nitrogens with zero attached hydrogens (tertiary/aromatic N) is 3. The van der Waals surface area contributed by atoms with Crippen molar-refractivity contribution in [2.45, 2.75) is 81.9 Å². The molecule has 5 aliphatic carbocycles. The molecule has 4 bridgehead atoms. The lowest BCUT2D eigenvalue weighted by atomic mass is 9.52. The number of aromatic amines is 1. The molecule has 2 amide bonds. The maximum absolute atomic E-state index is 12.9. The van der Waals surface area contributed by atoms with Crippen LogP contribution in [0.4, 0.5) is 5.82 Å². The van der Waals surface area contributed by atoms with Crippen molar-refractivity contribution in [1.82, 2.24) is 25.1 Å². The van der Waals surface area contributed by atoms with E-state index in [1.54, 1.807) is 6.20 Å². The number of amides is 2. The van der Waals surface area contributed by atoms with Crippen LogP contribution in [0.2, 0.25) is 0 Å². The van der Waals surface area contributed by atoms with E-state index in [1.807, 2.05) is 12.3 Å². The van der Waals surface area contributed by atoms with Gasteiger partial charge in [-0.25, -0.2) is 4.98 Å². The van der Waals surface area contributed by atoms with Crippen molar-refractivity contribution in [2.75, 3.05) is 5.32 Å². The Morgan fingerprint density at radius 3 is 2.57 bits per heavy atom. The van der Waals surface area contributed by atoms with E-state index in [2.05, 4.69) is 25.3 Å². The van der Waals surface area contributed by atoms with Gasteiger partial charge in [-0.1, -0.05) is 19.3 Å². The minimum absolute atomic E-state index is 0.0660. The number of pyridine rings is 1. The van der Waals surface area contributed by atoms with Gasteiger partial charge in [0.25, 0.3) is 0 Å². The molecule has 0 aliphatic heterocycles. The summed E-state index contributed by atoms with van der Waals surface area (Å²) in [6.07, 6.45) is 13.5. The van der Waals surface area contributed by atoms with Crippen LogP contribution >= 0.6 is 0 Å².